The zero-order chi connectivity index (χ0) is 21.7. The number of carbonyl (C=O) groups is 1. The highest BCUT2D eigenvalue weighted by Gasteiger charge is 2.31. The number of aliphatic hydroxyl groups excluding tert-OH is 1. The fourth-order valence-corrected chi connectivity index (χ4v) is 4.94. The van der Waals surface area contributed by atoms with E-state index in [1.54, 1.807) is 25.1 Å². The summed E-state index contributed by atoms with van der Waals surface area (Å²) in [5.41, 5.74) is 0.704. The van der Waals surface area contributed by atoms with Crippen molar-refractivity contribution in [2.24, 2.45) is 5.92 Å². The average molecular weight is 438 g/mol. The summed E-state index contributed by atoms with van der Waals surface area (Å²) in [6, 6.07) is 7.93. The van der Waals surface area contributed by atoms with Gasteiger partial charge < -0.3 is 19.7 Å². The number of aliphatic hydroxyl groups is 1. The third-order valence-corrected chi connectivity index (χ3v) is 7.15. The lowest BCUT2D eigenvalue weighted by molar-refractivity contribution is -0.121. The Morgan fingerprint density at radius 1 is 1.30 bits per heavy atom. The molecule has 2 N–H and O–H groups in total. The van der Waals surface area contributed by atoms with Crippen LogP contribution in [0.4, 0.5) is 0 Å². The van der Waals surface area contributed by atoms with Gasteiger partial charge in [-0.2, -0.15) is 4.31 Å². The molecule has 1 aromatic heterocycles. The van der Waals surface area contributed by atoms with Crippen molar-refractivity contribution in [3.63, 3.8) is 0 Å². The van der Waals surface area contributed by atoms with Gasteiger partial charge in [0.1, 0.15) is 11.5 Å². The van der Waals surface area contributed by atoms with Crippen molar-refractivity contribution in [3.8, 4) is 5.75 Å². The quantitative estimate of drug-likeness (QED) is 0.665. The maximum atomic E-state index is 12.9. The molecule has 0 aliphatic carbocycles. The van der Waals surface area contributed by atoms with E-state index >= 15 is 0 Å². The van der Waals surface area contributed by atoms with Crippen LogP contribution in [-0.4, -0.2) is 61.7 Å². The minimum atomic E-state index is -3.67. The van der Waals surface area contributed by atoms with Crippen LogP contribution in [0, 0.1) is 12.8 Å². The molecule has 2 heterocycles. The number of nitrogens with one attached hydrogen (secondary N) is 1. The first-order chi connectivity index (χ1) is 14.3. The van der Waals surface area contributed by atoms with Crippen LogP contribution in [0.2, 0.25) is 0 Å². The molecule has 10 heteroatoms. The van der Waals surface area contributed by atoms with E-state index in [1.165, 1.54) is 23.5 Å². The highest BCUT2D eigenvalue weighted by Crippen LogP contribution is 2.24. The van der Waals surface area contributed by atoms with Gasteiger partial charge >= 0.3 is 0 Å². The maximum absolute atomic E-state index is 12.9. The van der Waals surface area contributed by atoms with Gasteiger partial charge in [0.2, 0.25) is 15.9 Å². The van der Waals surface area contributed by atoms with Crippen molar-refractivity contribution in [1.82, 2.24) is 14.8 Å². The van der Waals surface area contributed by atoms with Crippen LogP contribution in [0.25, 0.3) is 0 Å². The number of benzene rings is 1. The Morgan fingerprint density at radius 3 is 2.63 bits per heavy atom. The number of hydrogen-bond donors (Lipinski definition) is 2. The van der Waals surface area contributed by atoms with Crippen LogP contribution in [0.5, 0.6) is 5.75 Å². The zero-order valence-electron chi connectivity index (χ0n) is 17.1. The molecule has 1 aromatic carbocycles. The van der Waals surface area contributed by atoms with Crippen LogP contribution in [0.1, 0.15) is 24.3 Å². The van der Waals surface area contributed by atoms with E-state index in [0.29, 0.717) is 30.0 Å². The normalized spacial score (nSPS) is 20.5. The van der Waals surface area contributed by atoms with Gasteiger partial charge in [-0.15, -0.1) is 0 Å². The summed E-state index contributed by atoms with van der Waals surface area (Å²) in [7, 11) is -2.15. The molecule has 3 rings (SSSR count). The number of aromatic nitrogens is 1. The molecular formula is C20H27N3O6S. The predicted octanol–water partition coefficient (Wildman–Crippen LogP) is 1.11. The molecule has 2 atom stereocenters. The van der Waals surface area contributed by atoms with E-state index in [9.17, 15) is 18.3 Å². The summed E-state index contributed by atoms with van der Waals surface area (Å²) >= 11 is 0. The summed E-state index contributed by atoms with van der Waals surface area (Å²) in [6.45, 7) is 2.53. The molecule has 1 aliphatic heterocycles. The van der Waals surface area contributed by atoms with Crippen LogP contribution in [0.3, 0.4) is 0 Å². The van der Waals surface area contributed by atoms with Crippen molar-refractivity contribution in [2.45, 2.75) is 37.2 Å². The fourth-order valence-electron chi connectivity index (χ4n) is 3.47. The molecule has 2 aromatic rings. The summed E-state index contributed by atoms with van der Waals surface area (Å²) in [4.78, 5) is 12.3. The standard InChI is InChI=1S/C20H27N3O6S/c1-14-11-17(29-22-14)12-20(25)21-13-15-7-9-23(10-8-19(15)24)30(26,27)18-5-3-16(28-2)4-6-18/h3-6,11,15,19,24H,7-10,12-13H2,1-2H3,(H,21,25)/t15-,19-/m1/s1. The SMILES string of the molecule is COc1ccc(S(=O)(=O)N2CC[C@H](CNC(=O)Cc3cc(C)no3)[C@H](O)CC2)cc1. The fraction of sp³-hybridized carbons (Fsp3) is 0.500. The number of carbonyl (C=O) groups excluding carboxylic acids is 1. The van der Waals surface area contributed by atoms with Crippen LogP contribution in [-0.2, 0) is 21.2 Å². The molecule has 0 bridgehead atoms. The van der Waals surface area contributed by atoms with Crippen LogP contribution in [0.15, 0.2) is 39.8 Å². The molecular weight excluding hydrogens is 410 g/mol. The topological polar surface area (TPSA) is 122 Å². The van der Waals surface area contributed by atoms with Crippen molar-refractivity contribution in [3.05, 3.63) is 41.8 Å². The number of aryl methyl sites for hydroxylation is 1. The van der Waals surface area contributed by atoms with Crippen molar-refractivity contribution >= 4 is 15.9 Å². The summed E-state index contributed by atoms with van der Waals surface area (Å²) in [6.07, 6.45) is 0.116. The Balaban J connectivity index is 1.57. The van der Waals surface area contributed by atoms with Crippen LogP contribution >= 0.6 is 0 Å². The number of methoxy groups -OCH3 is 1. The van der Waals surface area contributed by atoms with Crippen LogP contribution < -0.4 is 10.1 Å². The first kappa shape index (κ1) is 22.3. The third-order valence-electron chi connectivity index (χ3n) is 5.24. The number of hydrogen-bond acceptors (Lipinski definition) is 7. The first-order valence-corrected chi connectivity index (χ1v) is 11.2. The largest absolute Gasteiger partial charge is 0.497 e. The number of nitrogens with zero attached hydrogens (tertiary/aromatic N) is 2. The summed E-state index contributed by atoms with van der Waals surface area (Å²) < 4.78 is 37.4. The second-order valence-corrected chi connectivity index (χ2v) is 9.34. The third kappa shape index (κ3) is 5.38. The molecule has 1 fully saturated rings. The number of sulfonamides is 1. The summed E-state index contributed by atoms with van der Waals surface area (Å²) in [5.74, 6) is 0.589. The molecule has 0 spiro atoms. The second-order valence-electron chi connectivity index (χ2n) is 7.40. The van der Waals surface area contributed by atoms with Crippen molar-refractivity contribution in [2.75, 3.05) is 26.7 Å². The van der Waals surface area contributed by atoms with Gasteiger partial charge in [0.25, 0.3) is 0 Å². The van der Waals surface area contributed by atoms with Gasteiger partial charge in [-0.25, -0.2) is 8.42 Å². The van der Waals surface area contributed by atoms with Crippen molar-refractivity contribution in [1.29, 1.82) is 0 Å². The molecule has 1 aliphatic rings. The molecule has 164 valence electrons. The molecule has 9 nitrogen and oxygen atoms in total. The van der Waals surface area contributed by atoms with E-state index in [1.807, 2.05) is 0 Å². The maximum Gasteiger partial charge on any atom is 0.243 e. The highest BCUT2D eigenvalue weighted by atomic mass is 32.2. The minimum Gasteiger partial charge on any atom is -0.497 e. The Hall–Kier alpha value is -2.43. The number of rotatable bonds is 7. The lowest BCUT2D eigenvalue weighted by Gasteiger charge is -2.20. The Bertz CT molecular complexity index is 957. The van der Waals surface area contributed by atoms with E-state index in [0.717, 1.165) is 0 Å². The van der Waals surface area contributed by atoms with E-state index < -0.39 is 16.1 Å². The molecule has 0 radical (unpaired) electrons. The van der Waals surface area contributed by atoms with Gasteiger partial charge in [-0.05, 0) is 44.0 Å². The average Bonchev–Trinajstić information content (AvgIpc) is 3.03. The van der Waals surface area contributed by atoms with Gasteiger partial charge in [-0.1, -0.05) is 5.16 Å². The van der Waals surface area contributed by atoms with E-state index in [2.05, 4.69) is 10.5 Å². The smallest absolute Gasteiger partial charge is 0.243 e. The van der Waals surface area contributed by atoms with Gasteiger partial charge in [0.15, 0.2) is 0 Å². The molecule has 1 saturated heterocycles. The molecule has 30 heavy (non-hydrogen) atoms. The Labute approximate surface area is 176 Å². The molecule has 0 unspecified atom stereocenters. The second kappa shape index (κ2) is 9.59. The highest BCUT2D eigenvalue weighted by molar-refractivity contribution is 7.89. The zero-order valence-corrected chi connectivity index (χ0v) is 17.9. The van der Waals surface area contributed by atoms with E-state index in [-0.39, 0.29) is 42.8 Å². The lowest BCUT2D eigenvalue weighted by Crippen LogP contribution is -2.35. The predicted molar refractivity (Wildman–Crippen MR) is 108 cm³/mol. The van der Waals surface area contributed by atoms with Gasteiger partial charge in [0.05, 0.1) is 30.2 Å². The Morgan fingerprint density at radius 2 is 2.00 bits per heavy atom. The Kier molecular flexibility index (Phi) is 7.11. The van der Waals surface area contributed by atoms with Gasteiger partial charge in [0, 0.05) is 31.6 Å². The van der Waals surface area contributed by atoms with Gasteiger partial charge in [-0.3, -0.25) is 4.79 Å². The summed E-state index contributed by atoms with van der Waals surface area (Å²) in [5, 5.41) is 17.0. The molecule has 1 amide bonds. The monoisotopic (exact) mass is 437 g/mol. The lowest BCUT2D eigenvalue weighted by atomic mass is 9.97. The van der Waals surface area contributed by atoms with E-state index in [4.69, 9.17) is 9.26 Å². The molecule has 0 saturated carbocycles. The minimum absolute atomic E-state index is 0.0711. The number of ether oxygens (including phenoxy) is 1. The number of amides is 1. The van der Waals surface area contributed by atoms with Crippen molar-refractivity contribution < 1.29 is 27.6 Å². The first-order valence-electron chi connectivity index (χ1n) is 9.80.